The zero-order chi connectivity index (χ0) is 16.1. The summed E-state index contributed by atoms with van der Waals surface area (Å²) in [5, 5.41) is 15.2. The Morgan fingerprint density at radius 1 is 1.00 bits per heavy atom. The average molecular weight is 282 g/mol. The molecule has 0 aliphatic heterocycles. The SMILES string of the molecule is C=CC.C=CC.CCCOc1ccccc1.OCCO. The van der Waals surface area contributed by atoms with Gasteiger partial charge in [-0.1, -0.05) is 37.3 Å². The number of ether oxygens (including phenoxy) is 1. The van der Waals surface area contributed by atoms with Crippen LogP contribution in [-0.4, -0.2) is 30.0 Å². The van der Waals surface area contributed by atoms with Gasteiger partial charge in [0.1, 0.15) is 5.75 Å². The Morgan fingerprint density at radius 3 is 1.70 bits per heavy atom. The fourth-order valence-corrected chi connectivity index (χ4v) is 0.737. The van der Waals surface area contributed by atoms with Crippen LogP contribution in [0.15, 0.2) is 55.6 Å². The second kappa shape index (κ2) is 26.1. The normalized spacial score (nSPS) is 7.45. The summed E-state index contributed by atoms with van der Waals surface area (Å²) in [5.41, 5.74) is 0. The van der Waals surface area contributed by atoms with Crippen molar-refractivity contribution in [2.24, 2.45) is 0 Å². The van der Waals surface area contributed by atoms with Crippen molar-refractivity contribution in [2.45, 2.75) is 27.2 Å². The van der Waals surface area contributed by atoms with E-state index in [0.717, 1.165) is 18.8 Å². The van der Waals surface area contributed by atoms with E-state index in [1.165, 1.54) is 0 Å². The molecule has 3 heteroatoms. The first-order chi connectivity index (χ1) is 9.67. The van der Waals surface area contributed by atoms with Gasteiger partial charge in [-0.15, -0.1) is 13.2 Å². The first-order valence-corrected chi connectivity index (χ1v) is 6.71. The second-order valence-corrected chi connectivity index (χ2v) is 3.43. The lowest BCUT2D eigenvalue weighted by molar-refractivity contribution is 0.186. The van der Waals surface area contributed by atoms with Crippen LogP contribution in [0.5, 0.6) is 5.75 Å². The van der Waals surface area contributed by atoms with Gasteiger partial charge in [0.2, 0.25) is 0 Å². The summed E-state index contributed by atoms with van der Waals surface area (Å²) >= 11 is 0. The number of hydrogen-bond acceptors (Lipinski definition) is 3. The standard InChI is InChI=1S/C9H12O.2C3H6.C2H6O2/c1-2-8-10-9-6-4-3-5-7-9;2*1-3-2;3-1-2-4/h3-7H,2,8H2,1H3;2*3H,1H2,2H3;3-4H,1-2H2. The number of benzene rings is 1. The molecule has 0 aliphatic rings. The summed E-state index contributed by atoms with van der Waals surface area (Å²) in [5.74, 6) is 0.962. The van der Waals surface area contributed by atoms with E-state index >= 15 is 0 Å². The van der Waals surface area contributed by atoms with E-state index in [1.807, 2.05) is 44.2 Å². The third-order valence-corrected chi connectivity index (χ3v) is 1.32. The van der Waals surface area contributed by atoms with Gasteiger partial charge in [-0.25, -0.2) is 0 Å². The molecule has 0 unspecified atom stereocenters. The van der Waals surface area contributed by atoms with Crippen LogP contribution in [0.1, 0.15) is 27.2 Å². The van der Waals surface area contributed by atoms with Crippen LogP contribution in [0.25, 0.3) is 0 Å². The molecule has 0 fully saturated rings. The lowest BCUT2D eigenvalue weighted by Gasteiger charge is -2.01. The van der Waals surface area contributed by atoms with Gasteiger partial charge < -0.3 is 14.9 Å². The Hall–Kier alpha value is -1.58. The molecule has 0 amide bonds. The molecule has 1 aromatic carbocycles. The number of para-hydroxylation sites is 1. The van der Waals surface area contributed by atoms with Crippen LogP contribution in [0.3, 0.4) is 0 Å². The van der Waals surface area contributed by atoms with Crippen LogP contribution in [0.4, 0.5) is 0 Å². The minimum Gasteiger partial charge on any atom is -0.494 e. The highest BCUT2D eigenvalue weighted by Gasteiger charge is 1.86. The second-order valence-electron chi connectivity index (χ2n) is 3.43. The molecule has 0 saturated heterocycles. The molecule has 1 rings (SSSR count). The number of allylic oxidation sites excluding steroid dienone is 2. The number of aliphatic hydroxyl groups excluding tert-OH is 2. The number of aliphatic hydroxyl groups is 2. The molecule has 0 aliphatic carbocycles. The topological polar surface area (TPSA) is 49.7 Å². The van der Waals surface area contributed by atoms with Gasteiger partial charge in [-0.2, -0.15) is 0 Å². The average Bonchev–Trinajstić information content (AvgIpc) is 2.48. The maximum atomic E-state index is 7.62. The van der Waals surface area contributed by atoms with Gasteiger partial charge >= 0.3 is 0 Å². The summed E-state index contributed by atoms with van der Waals surface area (Å²) in [7, 11) is 0. The Balaban J connectivity index is -0.000000242. The van der Waals surface area contributed by atoms with E-state index in [9.17, 15) is 0 Å². The Kier molecular flexibility index (Phi) is 30.7. The molecule has 0 aromatic heterocycles. The quantitative estimate of drug-likeness (QED) is 0.825. The molecule has 0 saturated carbocycles. The number of hydrogen-bond donors (Lipinski definition) is 2. The lowest BCUT2D eigenvalue weighted by atomic mass is 10.3. The molecule has 2 N–H and O–H groups in total. The molecule has 20 heavy (non-hydrogen) atoms. The van der Waals surface area contributed by atoms with Gasteiger partial charge in [-0.3, -0.25) is 0 Å². The van der Waals surface area contributed by atoms with E-state index in [1.54, 1.807) is 12.2 Å². The zero-order valence-electron chi connectivity index (χ0n) is 13.1. The monoisotopic (exact) mass is 282 g/mol. The van der Waals surface area contributed by atoms with Crippen molar-refractivity contribution in [3.05, 3.63) is 55.6 Å². The van der Waals surface area contributed by atoms with Crippen molar-refractivity contribution in [2.75, 3.05) is 19.8 Å². The smallest absolute Gasteiger partial charge is 0.119 e. The van der Waals surface area contributed by atoms with Crippen molar-refractivity contribution in [3.63, 3.8) is 0 Å². The summed E-state index contributed by atoms with van der Waals surface area (Å²) in [6.07, 6.45) is 4.56. The fourth-order valence-electron chi connectivity index (χ4n) is 0.737. The van der Waals surface area contributed by atoms with Crippen LogP contribution < -0.4 is 4.74 Å². The van der Waals surface area contributed by atoms with Gasteiger partial charge in [0.05, 0.1) is 19.8 Å². The highest BCUT2D eigenvalue weighted by Crippen LogP contribution is 2.07. The predicted molar refractivity (Wildman–Crippen MR) is 88.1 cm³/mol. The maximum Gasteiger partial charge on any atom is 0.119 e. The third kappa shape index (κ3) is 29.9. The fraction of sp³-hybridized carbons (Fsp3) is 0.412. The first kappa shape index (κ1) is 23.5. The van der Waals surface area contributed by atoms with E-state index < -0.39 is 0 Å². The van der Waals surface area contributed by atoms with Crippen molar-refractivity contribution in [1.29, 1.82) is 0 Å². The summed E-state index contributed by atoms with van der Waals surface area (Å²) in [4.78, 5) is 0. The minimum atomic E-state index is -0.125. The van der Waals surface area contributed by atoms with Gasteiger partial charge in [-0.05, 0) is 32.4 Å². The van der Waals surface area contributed by atoms with Crippen molar-refractivity contribution in [3.8, 4) is 5.75 Å². The molecular formula is C17H30O3. The molecule has 116 valence electrons. The largest absolute Gasteiger partial charge is 0.494 e. The van der Waals surface area contributed by atoms with Gasteiger partial charge in [0.25, 0.3) is 0 Å². The highest BCUT2D eigenvalue weighted by molar-refractivity contribution is 5.20. The maximum absolute atomic E-state index is 7.62. The Morgan fingerprint density at radius 2 is 1.40 bits per heavy atom. The third-order valence-electron chi connectivity index (χ3n) is 1.32. The molecule has 0 radical (unpaired) electrons. The summed E-state index contributed by atoms with van der Waals surface area (Å²) < 4.78 is 5.36. The molecule has 3 nitrogen and oxygen atoms in total. The minimum absolute atomic E-state index is 0.125. The molecular weight excluding hydrogens is 252 g/mol. The lowest BCUT2D eigenvalue weighted by Crippen LogP contribution is -1.93. The predicted octanol–water partition coefficient (Wildman–Crippen LogP) is 3.83. The van der Waals surface area contributed by atoms with Gasteiger partial charge in [0.15, 0.2) is 0 Å². The van der Waals surface area contributed by atoms with E-state index in [-0.39, 0.29) is 13.2 Å². The Labute approximate surface area is 124 Å². The van der Waals surface area contributed by atoms with E-state index in [2.05, 4.69) is 20.1 Å². The zero-order valence-corrected chi connectivity index (χ0v) is 13.1. The molecule has 0 spiro atoms. The molecule has 0 heterocycles. The van der Waals surface area contributed by atoms with Crippen molar-refractivity contribution in [1.82, 2.24) is 0 Å². The van der Waals surface area contributed by atoms with Crippen molar-refractivity contribution < 1.29 is 14.9 Å². The van der Waals surface area contributed by atoms with Crippen LogP contribution in [-0.2, 0) is 0 Å². The molecule has 0 bridgehead atoms. The van der Waals surface area contributed by atoms with Crippen molar-refractivity contribution >= 4 is 0 Å². The number of rotatable bonds is 4. The summed E-state index contributed by atoms with van der Waals surface area (Å²) in [6, 6.07) is 9.88. The highest BCUT2D eigenvalue weighted by atomic mass is 16.5. The first-order valence-electron chi connectivity index (χ1n) is 6.71. The Bertz CT molecular complexity index is 263. The van der Waals surface area contributed by atoms with E-state index in [4.69, 9.17) is 14.9 Å². The summed E-state index contributed by atoms with van der Waals surface area (Å²) in [6.45, 7) is 13.2. The van der Waals surface area contributed by atoms with Gasteiger partial charge in [0, 0.05) is 0 Å². The molecule has 0 atom stereocenters. The van der Waals surface area contributed by atoms with Crippen LogP contribution >= 0.6 is 0 Å². The van der Waals surface area contributed by atoms with Crippen LogP contribution in [0, 0.1) is 0 Å². The van der Waals surface area contributed by atoms with E-state index in [0.29, 0.717) is 0 Å². The van der Waals surface area contributed by atoms with Crippen LogP contribution in [0.2, 0.25) is 0 Å². The molecule has 1 aromatic rings.